The molecule has 1 unspecified atom stereocenters. The summed E-state index contributed by atoms with van der Waals surface area (Å²) in [6.45, 7) is 6.53. The Balaban J connectivity index is 1.98. The van der Waals surface area contributed by atoms with Crippen LogP contribution in [-0.4, -0.2) is 67.6 Å². The highest BCUT2D eigenvalue weighted by molar-refractivity contribution is 5.60. The summed E-state index contributed by atoms with van der Waals surface area (Å²) in [5.74, 6) is 0. The van der Waals surface area contributed by atoms with Crippen molar-refractivity contribution >= 4 is 11.4 Å². The smallest absolute Gasteiger partial charge is 0.0942 e. The molecular formula is C15H25N3O2. The predicted octanol–water partition coefficient (Wildman–Crippen LogP) is 0.512. The summed E-state index contributed by atoms with van der Waals surface area (Å²) in [7, 11) is 2.15. The van der Waals surface area contributed by atoms with Gasteiger partial charge in [0.2, 0.25) is 0 Å². The van der Waals surface area contributed by atoms with Gasteiger partial charge in [-0.05, 0) is 37.7 Å². The van der Waals surface area contributed by atoms with E-state index in [9.17, 15) is 5.11 Å². The number of aryl methyl sites for hydroxylation is 1. The number of aliphatic hydroxyl groups is 2. The Hall–Kier alpha value is -1.30. The van der Waals surface area contributed by atoms with Crippen LogP contribution in [0.3, 0.4) is 0 Å². The molecule has 112 valence electrons. The van der Waals surface area contributed by atoms with Crippen LogP contribution in [0.15, 0.2) is 18.2 Å². The van der Waals surface area contributed by atoms with Crippen molar-refractivity contribution in [3.05, 3.63) is 23.8 Å². The lowest BCUT2D eigenvalue weighted by atomic mass is 10.1. The number of likely N-dealkylation sites (N-methyl/N-ethyl adjacent to an activating group) is 1. The van der Waals surface area contributed by atoms with Crippen LogP contribution in [0.2, 0.25) is 0 Å². The van der Waals surface area contributed by atoms with Gasteiger partial charge in [0.25, 0.3) is 0 Å². The molecular weight excluding hydrogens is 254 g/mol. The van der Waals surface area contributed by atoms with Crippen molar-refractivity contribution in [3.63, 3.8) is 0 Å². The molecule has 2 rings (SSSR count). The molecule has 1 aliphatic rings. The molecule has 20 heavy (non-hydrogen) atoms. The molecule has 1 fully saturated rings. The highest BCUT2D eigenvalue weighted by Crippen LogP contribution is 2.23. The summed E-state index contributed by atoms with van der Waals surface area (Å²) < 4.78 is 0. The first-order valence-electron chi connectivity index (χ1n) is 7.17. The Morgan fingerprint density at radius 2 is 1.95 bits per heavy atom. The Labute approximate surface area is 120 Å². The van der Waals surface area contributed by atoms with Crippen LogP contribution in [0.1, 0.15) is 5.56 Å². The van der Waals surface area contributed by atoms with E-state index in [1.807, 2.05) is 6.07 Å². The highest BCUT2D eigenvalue weighted by Gasteiger charge is 2.14. The molecule has 5 nitrogen and oxygen atoms in total. The maximum atomic E-state index is 9.37. The van der Waals surface area contributed by atoms with Crippen LogP contribution >= 0.6 is 0 Å². The zero-order valence-electron chi connectivity index (χ0n) is 12.3. The van der Waals surface area contributed by atoms with Crippen LogP contribution in [0.5, 0.6) is 0 Å². The Kier molecular flexibility index (Phi) is 5.23. The van der Waals surface area contributed by atoms with E-state index < -0.39 is 6.10 Å². The average Bonchev–Trinajstić information content (AvgIpc) is 2.46. The van der Waals surface area contributed by atoms with Gasteiger partial charge in [-0.2, -0.15) is 0 Å². The maximum Gasteiger partial charge on any atom is 0.0942 e. The third kappa shape index (κ3) is 3.85. The molecule has 1 aromatic carbocycles. The third-order valence-electron chi connectivity index (χ3n) is 3.82. The summed E-state index contributed by atoms with van der Waals surface area (Å²) in [4.78, 5) is 4.74. The van der Waals surface area contributed by atoms with E-state index in [-0.39, 0.29) is 6.61 Å². The van der Waals surface area contributed by atoms with Crippen LogP contribution in [0.4, 0.5) is 11.4 Å². The molecule has 0 saturated carbocycles. The lowest BCUT2D eigenvalue weighted by molar-refractivity contribution is 0.105. The summed E-state index contributed by atoms with van der Waals surface area (Å²) in [6.07, 6.45) is -0.716. The summed E-state index contributed by atoms with van der Waals surface area (Å²) >= 11 is 0. The molecule has 0 aliphatic carbocycles. The van der Waals surface area contributed by atoms with Crippen molar-refractivity contribution in [1.29, 1.82) is 0 Å². The van der Waals surface area contributed by atoms with Gasteiger partial charge in [-0.3, -0.25) is 0 Å². The van der Waals surface area contributed by atoms with E-state index in [0.717, 1.165) is 37.4 Å². The van der Waals surface area contributed by atoms with Crippen LogP contribution in [0, 0.1) is 6.92 Å². The van der Waals surface area contributed by atoms with Gasteiger partial charge in [0.15, 0.2) is 0 Å². The van der Waals surface area contributed by atoms with Crippen LogP contribution in [0.25, 0.3) is 0 Å². The number of piperazine rings is 1. The molecule has 0 amide bonds. The van der Waals surface area contributed by atoms with Crippen molar-refractivity contribution in [2.24, 2.45) is 0 Å². The predicted molar refractivity (Wildman–Crippen MR) is 82.5 cm³/mol. The van der Waals surface area contributed by atoms with Gasteiger partial charge in [-0.25, -0.2) is 0 Å². The third-order valence-corrected chi connectivity index (χ3v) is 3.82. The standard InChI is InChI=1S/C15H25N3O2/c1-12-9-13(18-7-5-17(2)6-8-18)3-4-15(12)16-10-14(20)11-19/h3-4,9,14,16,19-20H,5-8,10-11H2,1-2H3. The second-order valence-electron chi connectivity index (χ2n) is 5.51. The number of hydrogen-bond donors (Lipinski definition) is 3. The summed E-state index contributed by atoms with van der Waals surface area (Å²) in [5, 5.41) is 21.3. The van der Waals surface area contributed by atoms with Gasteiger partial charge in [0, 0.05) is 44.1 Å². The topological polar surface area (TPSA) is 59.0 Å². The fraction of sp³-hybridized carbons (Fsp3) is 0.600. The van der Waals surface area contributed by atoms with E-state index in [2.05, 4.69) is 41.2 Å². The first-order valence-corrected chi connectivity index (χ1v) is 7.17. The Morgan fingerprint density at radius 3 is 2.55 bits per heavy atom. The zero-order valence-corrected chi connectivity index (χ0v) is 12.3. The second-order valence-corrected chi connectivity index (χ2v) is 5.51. The monoisotopic (exact) mass is 279 g/mol. The quantitative estimate of drug-likeness (QED) is 0.733. The zero-order chi connectivity index (χ0) is 14.5. The van der Waals surface area contributed by atoms with Gasteiger partial charge in [-0.15, -0.1) is 0 Å². The largest absolute Gasteiger partial charge is 0.394 e. The number of aliphatic hydroxyl groups excluding tert-OH is 2. The molecule has 0 bridgehead atoms. The van der Waals surface area contributed by atoms with E-state index in [1.54, 1.807) is 0 Å². The molecule has 3 N–H and O–H groups in total. The number of benzene rings is 1. The molecule has 1 aliphatic heterocycles. The number of anilines is 2. The second kappa shape index (κ2) is 6.92. The molecule has 1 atom stereocenters. The number of rotatable bonds is 5. The molecule has 0 radical (unpaired) electrons. The Bertz CT molecular complexity index is 431. The van der Waals surface area contributed by atoms with E-state index >= 15 is 0 Å². The van der Waals surface area contributed by atoms with Gasteiger partial charge >= 0.3 is 0 Å². The van der Waals surface area contributed by atoms with Gasteiger partial charge < -0.3 is 25.3 Å². The lowest BCUT2D eigenvalue weighted by Gasteiger charge is -2.34. The number of hydrogen-bond acceptors (Lipinski definition) is 5. The minimum absolute atomic E-state index is 0.217. The van der Waals surface area contributed by atoms with Crippen LogP contribution < -0.4 is 10.2 Å². The summed E-state index contributed by atoms with van der Waals surface area (Å²) in [6, 6.07) is 6.35. The van der Waals surface area contributed by atoms with Gasteiger partial charge in [0.05, 0.1) is 12.7 Å². The van der Waals surface area contributed by atoms with Crippen molar-refractivity contribution < 1.29 is 10.2 Å². The van der Waals surface area contributed by atoms with Gasteiger partial charge in [-0.1, -0.05) is 0 Å². The molecule has 0 aromatic heterocycles. The minimum Gasteiger partial charge on any atom is -0.394 e. The van der Waals surface area contributed by atoms with E-state index in [0.29, 0.717) is 6.54 Å². The molecule has 5 heteroatoms. The Morgan fingerprint density at radius 1 is 1.25 bits per heavy atom. The van der Waals surface area contributed by atoms with Crippen molar-refractivity contribution in [1.82, 2.24) is 4.90 Å². The first kappa shape index (κ1) is 15.1. The minimum atomic E-state index is -0.716. The fourth-order valence-corrected chi connectivity index (χ4v) is 2.40. The van der Waals surface area contributed by atoms with Crippen molar-refractivity contribution in [2.45, 2.75) is 13.0 Å². The molecule has 1 aromatic rings. The molecule has 1 heterocycles. The first-order chi connectivity index (χ1) is 9.60. The van der Waals surface area contributed by atoms with E-state index in [1.165, 1.54) is 5.69 Å². The average molecular weight is 279 g/mol. The number of nitrogens with one attached hydrogen (secondary N) is 1. The highest BCUT2D eigenvalue weighted by atomic mass is 16.3. The molecule has 0 spiro atoms. The van der Waals surface area contributed by atoms with Gasteiger partial charge in [0.1, 0.15) is 0 Å². The fourth-order valence-electron chi connectivity index (χ4n) is 2.40. The molecule has 1 saturated heterocycles. The lowest BCUT2D eigenvalue weighted by Crippen LogP contribution is -2.44. The van der Waals surface area contributed by atoms with Crippen molar-refractivity contribution in [3.8, 4) is 0 Å². The maximum absolute atomic E-state index is 9.37. The summed E-state index contributed by atoms with van der Waals surface area (Å²) in [5.41, 5.74) is 3.42. The van der Waals surface area contributed by atoms with E-state index in [4.69, 9.17) is 5.11 Å². The normalized spacial score (nSPS) is 18.1. The SMILES string of the molecule is Cc1cc(N2CCN(C)CC2)ccc1NCC(O)CO. The number of nitrogens with zero attached hydrogens (tertiary/aromatic N) is 2. The van der Waals surface area contributed by atoms with Crippen molar-refractivity contribution in [2.75, 3.05) is 56.6 Å². The van der Waals surface area contributed by atoms with Crippen LogP contribution in [-0.2, 0) is 0 Å².